The van der Waals surface area contributed by atoms with Gasteiger partial charge in [-0.1, -0.05) is 0 Å². The van der Waals surface area contributed by atoms with E-state index < -0.39 is 5.97 Å². The Kier molecular flexibility index (Phi) is 3.96. The zero-order valence-corrected chi connectivity index (χ0v) is 14.5. The van der Waals surface area contributed by atoms with Gasteiger partial charge in [0.05, 0.1) is 29.4 Å². The fourth-order valence-electron chi connectivity index (χ4n) is 3.93. The Hall–Kier alpha value is -3.14. The average Bonchev–Trinajstić information content (AvgIpc) is 3.27. The Morgan fingerprint density at radius 3 is 2.58 bits per heavy atom. The molecule has 7 heteroatoms. The lowest BCUT2D eigenvalue weighted by Crippen LogP contribution is -2.21. The van der Waals surface area contributed by atoms with E-state index in [0.717, 1.165) is 35.0 Å². The highest BCUT2D eigenvalue weighted by Crippen LogP contribution is 2.39. The Morgan fingerprint density at radius 2 is 1.96 bits per heavy atom. The van der Waals surface area contributed by atoms with Crippen molar-refractivity contribution in [1.82, 2.24) is 19.4 Å². The van der Waals surface area contributed by atoms with Gasteiger partial charge in [-0.3, -0.25) is 9.48 Å². The molecule has 0 aliphatic heterocycles. The molecule has 7 nitrogen and oxygen atoms in total. The number of nitriles is 1. The van der Waals surface area contributed by atoms with Gasteiger partial charge in [-0.2, -0.15) is 15.5 Å². The Labute approximate surface area is 150 Å². The molecule has 1 saturated carbocycles. The molecule has 0 spiro atoms. The van der Waals surface area contributed by atoms with E-state index in [0.29, 0.717) is 18.4 Å². The van der Waals surface area contributed by atoms with Crippen LogP contribution in [0.4, 0.5) is 0 Å². The number of hydrogen-bond acceptors (Lipinski definition) is 4. The molecule has 1 N–H and O–H groups in total. The third kappa shape index (κ3) is 2.73. The van der Waals surface area contributed by atoms with Crippen LogP contribution in [0.2, 0.25) is 0 Å². The molecule has 0 radical (unpaired) electrons. The first kappa shape index (κ1) is 16.3. The number of aromatic nitrogens is 4. The zero-order chi connectivity index (χ0) is 18.3. The molecule has 0 bridgehead atoms. The number of carbonyl (C=O) groups is 1. The lowest BCUT2D eigenvalue weighted by atomic mass is 9.78. The maximum atomic E-state index is 11.2. The van der Waals surface area contributed by atoms with Gasteiger partial charge in [0.25, 0.3) is 0 Å². The minimum atomic E-state index is -0.709. The lowest BCUT2D eigenvalue weighted by molar-refractivity contribution is -0.142. The second kappa shape index (κ2) is 6.30. The number of rotatable bonds is 3. The number of nitrogens with zero attached hydrogens (tertiary/aromatic N) is 5. The second-order valence-corrected chi connectivity index (χ2v) is 6.94. The fraction of sp³-hybridized carbons (Fsp3) is 0.368. The Balaban J connectivity index is 1.80. The molecular weight excluding hydrogens is 330 g/mol. The van der Waals surface area contributed by atoms with Crippen LogP contribution in [0, 0.1) is 17.2 Å². The van der Waals surface area contributed by atoms with Gasteiger partial charge in [0.1, 0.15) is 6.07 Å². The minimum absolute atomic E-state index is 0.230. The van der Waals surface area contributed by atoms with E-state index in [-0.39, 0.29) is 11.8 Å². The van der Waals surface area contributed by atoms with E-state index in [4.69, 9.17) is 0 Å². The van der Waals surface area contributed by atoms with Crippen molar-refractivity contribution in [3.05, 3.63) is 42.0 Å². The summed E-state index contributed by atoms with van der Waals surface area (Å²) in [4.78, 5) is 11.2. The van der Waals surface area contributed by atoms with E-state index >= 15 is 0 Å². The van der Waals surface area contributed by atoms with Gasteiger partial charge in [-0.25, -0.2) is 4.52 Å². The number of carboxylic acids is 1. The number of aryl methyl sites for hydroxylation is 1. The van der Waals surface area contributed by atoms with Crippen LogP contribution < -0.4 is 0 Å². The number of hydrogen-bond donors (Lipinski definition) is 1. The third-order valence-electron chi connectivity index (χ3n) is 5.32. The van der Waals surface area contributed by atoms with E-state index in [2.05, 4.69) is 22.3 Å². The molecule has 4 rings (SSSR count). The van der Waals surface area contributed by atoms with E-state index in [9.17, 15) is 15.2 Å². The summed E-state index contributed by atoms with van der Waals surface area (Å²) < 4.78 is 3.51. The van der Waals surface area contributed by atoms with Gasteiger partial charge in [0.2, 0.25) is 0 Å². The number of carboxylic acid groups (broad SMARTS) is 1. The van der Waals surface area contributed by atoms with Crippen molar-refractivity contribution in [2.45, 2.75) is 31.6 Å². The summed E-state index contributed by atoms with van der Waals surface area (Å²) in [6.45, 7) is 0. The Morgan fingerprint density at radius 1 is 1.19 bits per heavy atom. The predicted octanol–water partition coefficient (Wildman–Crippen LogP) is 2.96. The van der Waals surface area contributed by atoms with Crippen molar-refractivity contribution < 1.29 is 9.90 Å². The van der Waals surface area contributed by atoms with Crippen LogP contribution in [0.5, 0.6) is 0 Å². The van der Waals surface area contributed by atoms with Crippen LogP contribution in [0.15, 0.2) is 30.9 Å². The average molecular weight is 349 g/mol. The third-order valence-corrected chi connectivity index (χ3v) is 5.32. The summed E-state index contributed by atoms with van der Waals surface area (Å²) >= 11 is 0. The quantitative estimate of drug-likeness (QED) is 0.784. The Bertz CT molecular complexity index is 1020. The van der Waals surface area contributed by atoms with E-state index in [1.54, 1.807) is 21.6 Å². The van der Waals surface area contributed by atoms with Gasteiger partial charge in [-0.05, 0) is 43.2 Å². The molecule has 3 aromatic heterocycles. The van der Waals surface area contributed by atoms with Gasteiger partial charge in [0, 0.05) is 30.6 Å². The molecule has 132 valence electrons. The van der Waals surface area contributed by atoms with Crippen LogP contribution in [0.1, 0.15) is 42.7 Å². The maximum Gasteiger partial charge on any atom is 0.306 e. The highest BCUT2D eigenvalue weighted by atomic mass is 16.4. The molecule has 1 aliphatic rings. The number of pyridine rings is 1. The fourth-order valence-corrected chi connectivity index (χ4v) is 3.93. The van der Waals surface area contributed by atoms with Crippen LogP contribution in [-0.2, 0) is 11.8 Å². The molecule has 1 fully saturated rings. The number of aliphatic carboxylic acids is 1. The monoisotopic (exact) mass is 349 g/mol. The summed E-state index contributed by atoms with van der Waals surface area (Å²) in [5.74, 6) is -0.738. The molecule has 0 aromatic carbocycles. The van der Waals surface area contributed by atoms with Crippen molar-refractivity contribution in [2.24, 2.45) is 13.0 Å². The van der Waals surface area contributed by atoms with Crippen molar-refractivity contribution in [1.29, 1.82) is 5.26 Å². The molecule has 0 atom stereocenters. The zero-order valence-electron chi connectivity index (χ0n) is 14.5. The minimum Gasteiger partial charge on any atom is -0.481 e. The van der Waals surface area contributed by atoms with Gasteiger partial charge in [-0.15, -0.1) is 0 Å². The summed E-state index contributed by atoms with van der Waals surface area (Å²) in [5.41, 5.74) is 4.44. The predicted molar refractivity (Wildman–Crippen MR) is 94.4 cm³/mol. The molecule has 26 heavy (non-hydrogen) atoms. The molecule has 0 saturated heterocycles. The largest absolute Gasteiger partial charge is 0.481 e. The molecule has 3 heterocycles. The number of fused-ring (bicyclic) bond motifs is 1. The topological polar surface area (TPSA) is 96.2 Å². The SMILES string of the molecule is Cn1cc(-c2cc(C3CCC(C(=O)O)CC3)c3c(C#N)cnn3c2)cn1. The molecule has 1 aliphatic carbocycles. The molecule has 0 amide bonds. The second-order valence-electron chi connectivity index (χ2n) is 6.94. The van der Waals surface area contributed by atoms with E-state index in [1.807, 2.05) is 19.4 Å². The maximum absolute atomic E-state index is 11.2. The first-order valence-electron chi connectivity index (χ1n) is 8.70. The molecule has 3 aromatic rings. The van der Waals surface area contributed by atoms with E-state index in [1.165, 1.54) is 0 Å². The highest BCUT2D eigenvalue weighted by molar-refractivity contribution is 5.73. The van der Waals surface area contributed by atoms with Crippen LogP contribution in [0.25, 0.3) is 16.6 Å². The van der Waals surface area contributed by atoms with Crippen molar-refractivity contribution >= 4 is 11.5 Å². The first-order chi connectivity index (χ1) is 12.6. The van der Waals surface area contributed by atoms with Gasteiger partial charge in [0.15, 0.2) is 0 Å². The lowest BCUT2D eigenvalue weighted by Gasteiger charge is -2.27. The first-order valence-corrected chi connectivity index (χ1v) is 8.70. The summed E-state index contributed by atoms with van der Waals surface area (Å²) in [5, 5.41) is 27.3. The van der Waals surface area contributed by atoms with Gasteiger partial charge < -0.3 is 5.11 Å². The van der Waals surface area contributed by atoms with Crippen LogP contribution >= 0.6 is 0 Å². The van der Waals surface area contributed by atoms with Crippen LogP contribution in [0.3, 0.4) is 0 Å². The summed E-state index contributed by atoms with van der Waals surface area (Å²) in [7, 11) is 1.87. The highest BCUT2D eigenvalue weighted by Gasteiger charge is 2.29. The summed E-state index contributed by atoms with van der Waals surface area (Å²) in [6.07, 6.45) is 10.2. The van der Waals surface area contributed by atoms with Crippen molar-refractivity contribution in [3.63, 3.8) is 0 Å². The normalized spacial score (nSPS) is 20.2. The van der Waals surface area contributed by atoms with Crippen molar-refractivity contribution in [2.75, 3.05) is 0 Å². The smallest absolute Gasteiger partial charge is 0.306 e. The van der Waals surface area contributed by atoms with Gasteiger partial charge >= 0.3 is 5.97 Å². The molecular formula is C19H19N5O2. The molecule has 0 unspecified atom stereocenters. The van der Waals surface area contributed by atoms with Crippen molar-refractivity contribution in [3.8, 4) is 17.2 Å². The standard InChI is InChI=1S/C19H19N5O2/c1-23-10-16(9-21-23)14-6-17(12-2-4-13(5-3-12)19(25)26)18-15(7-20)8-22-24(18)11-14/h6,8-13H,2-5H2,1H3,(H,25,26). The van der Waals surface area contributed by atoms with Crippen LogP contribution in [-0.4, -0.2) is 30.5 Å². The summed E-state index contributed by atoms with van der Waals surface area (Å²) in [6, 6.07) is 4.34.